The molecular formula is C18H35N3O2. The number of piperazine rings is 1. The molecule has 2 rings (SSSR count). The van der Waals surface area contributed by atoms with Gasteiger partial charge in [-0.1, -0.05) is 26.7 Å². The van der Waals surface area contributed by atoms with E-state index in [1.165, 1.54) is 12.8 Å². The largest absolute Gasteiger partial charge is 0.365 e. The van der Waals surface area contributed by atoms with Crippen LogP contribution in [0.4, 0.5) is 0 Å². The molecular weight excluding hydrogens is 290 g/mol. The number of ether oxygens (including phenoxy) is 1. The normalized spacial score (nSPS) is 31.7. The molecule has 1 saturated carbocycles. The van der Waals surface area contributed by atoms with Crippen LogP contribution >= 0.6 is 0 Å². The predicted molar refractivity (Wildman–Crippen MR) is 93.5 cm³/mol. The molecule has 5 heteroatoms. The maximum Gasteiger partial charge on any atom is 0.249 e. The molecule has 0 aromatic rings. The lowest BCUT2D eigenvalue weighted by Gasteiger charge is -2.38. The number of rotatable bonds is 6. The summed E-state index contributed by atoms with van der Waals surface area (Å²) in [7, 11) is 4.28. The molecule has 2 fully saturated rings. The van der Waals surface area contributed by atoms with Crippen LogP contribution in [0, 0.1) is 5.92 Å². The minimum absolute atomic E-state index is 0.0624. The van der Waals surface area contributed by atoms with E-state index < -0.39 is 0 Å². The number of carbonyl (C=O) groups is 1. The second kappa shape index (κ2) is 9.00. The van der Waals surface area contributed by atoms with Crippen LogP contribution < -0.4 is 5.32 Å². The van der Waals surface area contributed by atoms with Gasteiger partial charge in [-0.15, -0.1) is 0 Å². The van der Waals surface area contributed by atoms with Crippen molar-refractivity contribution in [2.45, 2.75) is 64.2 Å². The molecule has 1 saturated heterocycles. The van der Waals surface area contributed by atoms with E-state index in [0.29, 0.717) is 12.6 Å². The van der Waals surface area contributed by atoms with Gasteiger partial charge in [0.15, 0.2) is 0 Å². The van der Waals surface area contributed by atoms with E-state index in [0.717, 1.165) is 44.8 Å². The van der Waals surface area contributed by atoms with Gasteiger partial charge in [-0.25, -0.2) is 0 Å². The van der Waals surface area contributed by atoms with Crippen molar-refractivity contribution in [3.63, 3.8) is 0 Å². The van der Waals surface area contributed by atoms with E-state index in [-0.39, 0.29) is 18.1 Å². The van der Waals surface area contributed by atoms with E-state index >= 15 is 0 Å². The van der Waals surface area contributed by atoms with Crippen molar-refractivity contribution in [1.29, 1.82) is 0 Å². The van der Waals surface area contributed by atoms with Crippen LogP contribution in [0.2, 0.25) is 0 Å². The van der Waals surface area contributed by atoms with Gasteiger partial charge in [0, 0.05) is 32.2 Å². The Morgan fingerprint density at radius 3 is 2.78 bits per heavy atom. The van der Waals surface area contributed by atoms with Gasteiger partial charge in [-0.2, -0.15) is 0 Å². The number of amides is 1. The first-order valence-electron chi connectivity index (χ1n) is 9.31. The van der Waals surface area contributed by atoms with E-state index in [1.54, 1.807) is 0 Å². The lowest BCUT2D eigenvalue weighted by Crippen LogP contribution is -2.55. The Hall–Kier alpha value is -0.650. The van der Waals surface area contributed by atoms with Gasteiger partial charge in [-0.3, -0.25) is 9.69 Å². The Morgan fingerprint density at radius 2 is 2.09 bits per heavy atom. The zero-order chi connectivity index (χ0) is 16.8. The molecule has 23 heavy (non-hydrogen) atoms. The third-order valence-electron chi connectivity index (χ3n) is 5.40. The molecule has 0 unspecified atom stereocenters. The minimum atomic E-state index is -0.295. The molecule has 0 bridgehead atoms. The first-order chi connectivity index (χ1) is 11.0. The van der Waals surface area contributed by atoms with Crippen LogP contribution in [0.25, 0.3) is 0 Å². The van der Waals surface area contributed by atoms with Gasteiger partial charge in [0.25, 0.3) is 0 Å². The molecule has 1 aliphatic heterocycles. The molecule has 0 aromatic heterocycles. The fraction of sp³-hybridized carbons (Fsp3) is 0.944. The van der Waals surface area contributed by atoms with Gasteiger partial charge in [-0.05, 0) is 39.3 Å². The Labute approximate surface area is 141 Å². The average molecular weight is 325 g/mol. The van der Waals surface area contributed by atoms with Gasteiger partial charge in [0.1, 0.15) is 6.10 Å². The van der Waals surface area contributed by atoms with Gasteiger partial charge < -0.3 is 15.0 Å². The number of hydrogen-bond donors (Lipinski definition) is 1. The van der Waals surface area contributed by atoms with Gasteiger partial charge in [0.2, 0.25) is 5.91 Å². The van der Waals surface area contributed by atoms with Crippen molar-refractivity contribution < 1.29 is 9.53 Å². The summed E-state index contributed by atoms with van der Waals surface area (Å²) in [5.74, 6) is 0.785. The monoisotopic (exact) mass is 325 g/mol. The van der Waals surface area contributed by atoms with Crippen molar-refractivity contribution in [2.75, 3.05) is 40.3 Å². The van der Waals surface area contributed by atoms with E-state index in [1.807, 2.05) is 6.92 Å². The van der Waals surface area contributed by atoms with Crippen LogP contribution in [-0.2, 0) is 9.53 Å². The summed E-state index contributed by atoms with van der Waals surface area (Å²) >= 11 is 0. The highest BCUT2D eigenvalue weighted by atomic mass is 16.5. The van der Waals surface area contributed by atoms with Crippen LogP contribution in [0.15, 0.2) is 0 Å². The maximum atomic E-state index is 12.5. The lowest BCUT2D eigenvalue weighted by molar-refractivity contribution is -0.139. The highest BCUT2D eigenvalue weighted by Crippen LogP contribution is 2.27. The number of likely N-dealkylation sites (N-methyl/N-ethyl adjacent to an activating group) is 2. The van der Waals surface area contributed by atoms with Crippen molar-refractivity contribution in [3.05, 3.63) is 0 Å². The Balaban J connectivity index is 1.77. The van der Waals surface area contributed by atoms with Crippen molar-refractivity contribution in [1.82, 2.24) is 15.1 Å². The Bertz CT molecular complexity index is 377. The number of carbonyl (C=O) groups excluding carboxylic acids is 1. The average Bonchev–Trinajstić information content (AvgIpc) is 2.53. The lowest BCUT2D eigenvalue weighted by atomic mass is 9.88. The van der Waals surface area contributed by atoms with Crippen molar-refractivity contribution in [2.24, 2.45) is 5.92 Å². The minimum Gasteiger partial charge on any atom is -0.365 e. The summed E-state index contributed by atoms with van der Waals surface area (Å²) in [4.78, 5) is 17.2. The predicted octanol–water partition coefficient (Wildman–Crippen LogP) is 1.72. The molecule has 0 radical (unpaired) electrons. The molecule has 1 N–H and O–H groups in total. The molecule has 1 heterocycles. The second-order valence-electron chi connectivity index (χ2n) is 7.57. The molecule has 4 atom stereocenters. The fourth-order valence-electron chi connectivity index (χ4n) is 3.73. The topological polar surface area (TPSA) is 44.8 Å². The third-order valence-corrected chi connectivity index (χ3v) is 5.40. The van der Waals surface area contributed by atoms with E-state index in [2.05, 4.69) is 36.1 Å². The van der Waals surface area contributed by atoms with Gasteiger partial charge >= 0.3 is 0 Å². The van der Waals surface area contributed by atoms with Crippen molar-refractivity contribution in [3.8, 4) is 0 Å². The first kappa shape index (κ1) is 18.7. The SMILES string of the molecule is CC[C@H](O[C@@H]1CCC[C@H](C)C1)C(=O)NC[C@H]1CN(C)CCN1C. The highest BCUT2D eigenvalue weighted by molar-refractivity contribution is 5.80. The summed E-state index contributed by atoms with van der Waals surface area (Å²) in [6, 6.07) is 0.393. The number of hydrogen-bond acceptors (Lipinski definition) is 4. The van der Waals surface area contributed by atoms with Crippen LogP contribution in [0.3, 0.4) is 0 Å². The quantitative estimate of drug-likeness (QED) is 0.808. The van der Waals surface area contributed by atoms with E-state index in [4.69, 9.17) is 4.74 Å². The Morgan fingerprint density at radius 1 is 1.30 bits per heavy atom. The first-order valence-corrected chi connectivity index (χ1v) is 9.31. The van der Waals surface area contributed by atoms with Crippen molar-refractivity contribution >= 4 is 5.91 Å². The van der Waals surface area contributed by atoms with Crippen LogP contribution in [0.5, 0.6) is 0 Å². The van der Waals surface area contributed by atoms with E-state index in [9.17, 15) is 4.79 Å². The molecule has 0 aromatic carbocycles. The maximum absolute atomic E-state index is 12.5. The van der Waals surface area contributed by atoms with Crippen LogP contribution in [0.1, 0.15) is 46.0 Å². The van der Waals surface area contributed by atoms with Gasteiger partial charge in [0.05, 0.1) is 6.10 Å². The molecule has 1 amide bonds. The summed E-state index contributed by atoms with van der Waals surface area (Å²) < 4.78 is 6.12. The molecule has 0 spiro atoms. The summed E-state index contributed by atoms with van der Waals surface area (Å²) in [6.45, 7) is 8.20. The molecule has 2 aliphatic rings. The summed E-state index contributed by atoms with van der Waals surface area (Å²) in [5, 5.41) is 3.12. The third kappa shape index (κ3) is 5.73. The number of nitrogens with zero attached hydrogens (tertiary/aromatic N) is 2. The zero-order valence-electron chi connectivity index (χ0n) is 15.4. The Kier molecular flexibility index (Phi) is 7.31. The molecule has 1 aliphatic carbocycles. The smallest absolute Gasteiger partial charge is 0.249 e. The highest BCUT2D eigenvalue weighted by Gasteiger charge is 2.27. The molecule has 134 valence electrons. The number of nitrogens with one attached hydrogen (secondary N) is 1. The second-order valence-corrected chi connectivity index (χ2v) is 7.57. The summed E-state index contributed by atoms with van der Waals surface area (Å²) in [6.07, 6.45) is 5.43. The fourth-order valence-corrected chi connectivity index (χ4v) is 3.73. The molecule has 5 nitrogen and oxygen atoms in total. The van der Waals surface area contributed by atoms with Crippen LogP contribution in [-0.4, -0.2) is 74.2 Å². The summed E-state index contributed by atoms with van der Waals surface area (Å²) in [5.41, 5.74) is 0. The standard InChI is InChI=1S/C18H35N3O2/c1-5-17(23-16-8-6-7-14(2)11-16)18(22)19-12-15-13-20(3)9-10-21(15)4/h14-17H,5-13H2,1-4H3,(H,19,22)/t14-,15-,16+,17-/m0/s1. The zero-order valence-corrected chi connectivity index (χ0v) is 15.4.